The molecule has 7 aromatic rings. The average molecular weight is 592 g/mol. The van der Waals surface area contributed by atoms with E-state index in [4.69, 9.17) is 6.42 Å². The normalized spacial score (nSPS) is 11.1. The number of nitrogens with zero attached hydrogens (tertiary/aromatic N) is 1. The molecule has 6 aromatic carbocycles. The van der Waals surface area contributed by atoms with E-state index in [1.54, 1.807) is 0 Å². The van der Waals surface area contributed by atoms with Crippen molar-refractivity contribution in [2.45, 2.75) is 33.1 Å². The van der Waals surface area contributed by atoms with Gasteiger partial charge in [0.2, 0.25) is 0 Å². The molecule has 0 aliphatic carbocycles. The van der Waals surface area contributed by atoms with Crippen LogP contribution in [0.4, 0.5) is 0 Å². The molecule has 7 rings (SSSR count). The Morgan fingerprint density at radius 2 is 1.17 bits per heavy atom. The quantitative estimate of drug-likeness (QED) is 0.155. The molecule has 0 aliphatic rings. The van der Waals surface area contributed by atoms with Gasteiger partial charge in [0.05, 0.1) is 11.1 Å². The Kier molecular flexibility index (Phi) is 8.11. The number of aromatic nitrogens is 1. The van der Waals surface area contributed by atoms with Crippen LogP contribution in [0.1, 0.15) is 34.4 Å². The molecule has 0 N–H and O–H groups in total. The van der Waals surface area contributed by atoms with Crippen LogP contribution in [0.3, 0.4) is 0 Å². The van der Waals surface area contributed by atoms with Crippen molar-refractivity contribution in [2.75, 3.05) is 0 Å². The predicted molar refractivity (Wildman–Crippen MR) is 195 cm³/mol. The van der Waals surface area contributed by atoms with Crippen molar-refractivity contribution >= 4 is 10.9 Å². The monoisotopic (exact) mass is 591 g/mol. The van der Waals surface area contributed by atoms with Gasteiger partial charge >= 0.3 is 0 Å². The summed E-state index contributed by atoms with van der Waals surface area (Å²) in [4.78, 5) is 0. The van der Waals surface area contributed by atoms with Crippen LogP contribution in [0, 0.1) is 26.2 Å². The summed E-state index contributed by atoms with van der Waals surface area (Å²) in [5.74, 6) is 3.05. The zero-order valence-electron chi connectivity index (χ0n) is 26.5. The topological polar surface area (TPSA) is 4.93 Å². The van der Waals surface area contributed by atoms with Crippen LogP contribution in [0.5, 0.6) is 0 Å². The maximum Gasteiger partial charge on any atom is 0.0544 e. The number of hydrogen-bond acceptors (Lipinski definition) is 0. The van der Waals surface area contributed by atoms with Crippen LogP contribution in [0.25, 0.3) is 50.0 Å². The fraction of sp³-hybridized carbons (Fsp3) is 0.111. The number of para-hydroxylation sites is 1. The third-order valence-electron chi connectivity index (χ3n) is 9.15. The Labute approximate surface area is 272 Å². The first-order valence-corrected chi connectivity index (χ1v) is 16.1. The molecule has 0 radical (unpaired) electrons. The van der Waals surface area contributed by atoms with Gasteiger partial charge in [0.1, 0.15) is 0 Å². The molecule has 0 saturated carbocycles. The Bertz CT molecular complexity index is 2180. The van der Waals surface area contributed by atoms with Gasteiger partial charge in [-0.05, 0) is 101 Å². The fourth-order valence-electron chi connectivity index (χ4n) is 6.77. The molecule has 0 spiro atoms. The van der Waals surface area contributed by atoms with Crippen molar-refractivity contribution in [3.8, 4) is 51.4 Å². The highest BCUT2D eigenvalue weighted by atomic mass is 15.0. The molecular weight excluding hydrogens is 555 g/mol. The summed E-state index contributed by atoms with van der Waals surface area (Å²) < 4.78 is 2.37. The lowest BCUT2D eigenvalue weighted by molar-refractivity contribution is 0.783. The van der Waals surface area contributed by atoms with Gasteiger partial charge in [-0.2, -0.15) is 0 Å². The van der Waals surface area contributed by atoms with Crippen molar-refractivity contribution < 1.29 is 0 Å². The summed E-state index contributed by atoms with van der Waals surface area (Å²) in [5.41, 5.74) is 16.0. The van der Waals surface area contributed by atoms with E-state index in [0.29, 0.717) is 0 Å². The molecule has 0 bridgehead atoms. The minimum absolute atomic E-state index is 0.892. The second-order valence-corrected chi connectivity index (χ2v) is 12.1. The first kappa shape index (κ1) is 29.1. The van der Waals surface area contributed by atoms with Gasteiger partial charge in [0.25, 0.3) is 0 Å². The standard InChI is InChI=1S/C45H37N/c1-4-40-42-19-11-12-20-45(42)46(39-27-24-37(25-28-39)35-15-7-5-8-16-35)44(40)21-13-14-34-23-22-32(2)43(31-34)41-29-26-38(30-33(41)3)36-17-9-6-10-18-36/h1,5-12,15-20,22-31H,13-14,21H2,2-3H3. The minimum atomic E-state index is 0.892. The van der Waals surface area contributed by atoms with Gasteiger partial charge in [-0.15, -0.1) is 6.42 Å². The van der Waals surface area contributed by atoms with E-state index in [9.17, 15) is 0 Å². The Morgan fingerprint density at radius 1 is 0.543 bits per heavy atom. The summed E-state index contributed by atoms with van der Waals surface area (Å²) in [7, 11) is 0. The lowest BCUT2D eigenvalue weighted by atomic mass is 9.91. The van der Waals surface area contributed by atoms with Crippen LogP contribution >= 0.6 is 0 Å². The van der Waals surface area contributed by atoms with E-state index < -0.39 is 0 Å². The molecule has 0 aliphatic heterocycles. The number of rotatable bonds is 8. The Hall–Kier alpha value is -5.58. The highest BCUT2D eigenvalue weighted by Gasteiger charge is 2.17. The molecule has 46 heavy (non-hydrogen) atoms. The van der Waals surface area contributed by atoms with E-state index in [0.717, 1.165) is 41.4 Å². The zero-order valence-corrected chi connectivity index (χ0v) is 26.5. The average Bonchev–Trinajstić information content (AvgIpc) is 3.43. The second kappa shape index (κ2) is 12.8. The molecule has 1 heteroatoms. The van der Waals surface area contributed by atoms with Crippen molar-refractivity contribution in [1.29, 1.82) is 0 Å². The number of aryl methyl sites for hydroxylation is 3. The highest BCUT2D eigenvalue weighted by Crippen LogP contribution is 2.34. The molecule has 1 aromatic heterocycles. The molecule has 0 saturated heterocycles. The van der Waals surface area contributed by atoms with Crippen molar-refractivity contribution in [3.63, 3.8) is 0 Å². The predicted octanol–water partition coefficient (Wildman–Crippen LogP) is 11.4. The Balaban J connectivity index is 1.16. The van der Waals surface area contributed by atoms with Crippen LogP contribution in [0.2, 0.25) is 0 Å². The maximum absolute atomic E-state index is 6.19. The van der Waals surface area contributed by atoms with Gasteiger partial charge in [0, 0.05) is 16.8 Å². The maximum atomic E-state index is 6.19. The molecule has 0 unspecified atom stereocenters. The number of terminal acetylenes is 1. The van der Waals surface area contributed by atoms with Crippen molar-refractivity contribution in [2.24, 2.45) is 0 Å². The molecule has 222 valence electrons. The summed E-state index contributed by atoms with van der Waals surface area (Å²) in [6, 6.07) is 52.3. The van der Waals surface area contributed by atoms with Crippen LogP contribution < -0.4 is 0 Å². The largest absolute Gasteiger partial charge is 0.312 e. The summed E-state index contributed by atoms with van der Waals surface area (Å²) in [5, 5.41) is 1.14. The summed E-state index contributed by atoms with van der Waals surface area (Å²) in [6.07, 6.45) is 9.06. The van der Waals surface area contributed by atoms with Crippen molar-refractivity contribution in [1.82, 2.24) is 4.57 Å². The van der Waals surface area contributed by atoms with Gasteiger partial charge in [0.15, 0.2) is 0 Å². The highest BCUT2D eigenvalue weighted by molar-refractivity contribution is 5.90. The molecule has 0 fully saturated rings. The molecule has 1 nitrogen and oxygen atoms in total. The minimum Gasteiger partial charge on any atom is -0.312 e. The van der Waals surface area contributed by atoms with Crippen molar-refractivity contribution in [3.05, 3.63) is 174 Å². The smallest absolute Gasteiger partial charge is 0.0544 e. The summed E-state index contributed by atoms with van der Waals surface area (Å²) in [6.45, 7) is 4.44. The van der Waals surface area contributed by atoms with Gasteiger partial charge in [-0.1, -0.05) is 133 Å². The van der Waals surface area contributed by atoms with E-state index in [1.807, 2.05) is 0 Å². The van der Waals surface area contributed by atoms with Gasteiger partial charge in [-0.3, -0.25) is 0 Å². The third kappa shape index (κ3) is 5.67. The van der Waals surface area contributed by atoms with E-state index in [1.165, 1.54) is 55.8 Å². The molecular formula is C45H37N. The zero-order chi connectivity index (χ0) is 31.5. The lowest BCUT2D eigenvalue weighted by Crippen LogP contribution is -2.03. The first-order valence-electron chi connectivity index (χ1n) is 16.1. The van der Waals surface area contributed by atoms with Gasteiger partial charge < -0.3 is 4.57 Å². The van der Waals surface area contributed by atoms with E-state index >= 15 is 0 Å². The number of hydrogen-bond donors (Lipinski definition) is 0. The van der Waals surface area contributed by atoms with Crippen LogP contribution in [-0.2, 0) is 12.8 Å². The van der Waals surface area contributed by atoms with Gasteiger partial charge in [-0.25, -0.2) is 0 Å². The van der Waals surface area contributed by atoms with Crippen LogP contribution in [0.15, 0.2) is 146 Å². The Morgan fingerprint density at radius 3 is 1.87 bits per heavy atom. The lowest BCUT2D eigenvalue weighted by Gasteiger charge is -2.15. The SMILES string of the molecule is C#Cc1c(CCCc2ccc(C)c(-c3ccc(-c4ccccc4)cc3C)c2)n(-c2ccc(-c3ccccc3)cc2)c2ccccc12. The molecule has 0 amide bonds. The fourth-order valence-corrected chi connectivity index (χ4v) is 6.77. The first-order chi connectivity index (χ1) is 22.6. The third-order valence-corrected chi connectivity index (χ3v) is 9.15. The van der Waals surface area contributed by atoms with Crippen LogP contribution in [-0.4, -0.2) is 4.57 Å². The van der Waals surface area contributed by atoms with E-state index in [-0.39, 0.29) is 0 Å². The number of fused-ring (bicyclic) bond motifs is 1. The number of benzene rings is 6. The second-order valence-electron chi connectivity index (χ2n) is 12.1. The molecule has 0 atom stereocenters. The van der Waals surface area contributed by atoms with E-state index in [2.05, 4.69) is 170 Å². The summed E-state index contributed by atoms with van der Waals surface area (Å²) >= 11 is 0. The molecule has 1 heterocycles.